The summed E-state index contributed by atoms with van der Waals surface area (Å²) in [5.41, 5.74) is 4.96. The molecule has 10 nitrogen and oxygen atoms in total. The number of aliphatic imine (C=N–C) groups is 1. The number of nitrogen functional groups attached to an aromatic ring is 1. The Bertz CT molecular complexity index is 982. The zero-order chi connectivity index (χ0) is 23.3. The number of fused-ring (bicyclic) bond motifs is 1. The van der Waals surface area contributed by atoms with E-state index in [9.17, 15) is 19.2 Å². The fourth-order valence-corrected chi connectivity index (χ4v) is 4.51. The van der Waals surface area contributed by atoms with Crippen LogP contribution in [0.5, 0.6) is 0 Å². The molecule has 2 amide bonds. The summed E-state index contributed by atoms with van der Waals surface area (Å²) in [4.78, 5) is 60.6. The first kappa shape index (κ1) is 23.7. The lowest BCUT2D eigenvalue weighted by Gasteiger charge is -2.40. The van der Waals surface area contributed by atoms with E-state index in [-0.39, 0.29) is 48.5 Å². The quantitative estimate of drug-likeness (QED) is 0.589. The molecule has 2 unspecified atom stereocenters. The van der Waals surface area contributed by atoms with Gasteiger partial charge in [0.05, 0.1) is 18.3 Å². The molecule has 0 aromatic carbocycles. The van der Waals surface area contributed by atoms with Crippen LogP contribution in [0, 0.1) is 0 Å². The molecule has 32 heavy (non-hydrogen) atoms. The number of rotatable bonds is 9. The number of carbonyl (C=O) groups is 2. The number of amides is 2. The highest BCUT2D eigenvalue weighted by atomic mass is 16.2. The van der Waals surface area contributed by atoms with Crippen molar-refractivity contribution in [3.05, 3.63) is 20.8 Å². The van der Waals surface area contributed by atoms with Crippen molar-refractivity contribution >= 4 is 29.5 Å². The minimum Gasteiger partial charge on any atom is -0.383 e. The Labute approximate surface area is 187 Å². The highest BCUT2D eigenvalue weighted by Gasteiger charge is 2.37. The normalized spacial score (nSPS) is 20.3. The average molecular weight is 447 g/mol. The van der Waals surface area contributed by atoms with Gasteiger partial charge in [-0.3, -0.25) is 28.9 Å². The maximum atomic E-state index is 13.4. The average Bonchev–Trinajstić information content (AvgIpc) is 2.77. The smallest absolute Gasteiger partial charge is 0.330 e. The molecule has 176 valence electrons. The summed E-state index contributed by atoms with van der Waals surface area (Å²) in [6.45, 7) is 4.45. The van der Waals surface area contributed by atoms with Crippen molar-refractivity contribution in [3.63, 3.8) is 0 Å². The van der Waals surface area contributed by atoms with Crippen LogP contribution in [0.15, 0.2) is 14.6 Å². The number of nitrogens with zero attached hydrogens (tertiary/aromatic N) is 4. The van der Waals surface area contributed by atoms with Crippen LogP contribution in [0.4, 0.5) is 11.5 Å². The zero-order valence-corrected chi connectivity index (χ0v) is 19.0. The maximum absolute atomic E-state index is 13.4. The molecule has 0 radical (unpaired) electrons. The van der Waals surface area contributed by atoms with Crippen LogP contribution in [0.25, 0.3) is 0 Å². The van der Waals surface area contributed by atoms with Crippen LogP contribution in [0.1, 0.15) is 65.2 Å². The topological polar surface area (TPSA) is 134 Å². The first-order chi connectivity index (χ1) is 15.4. The number of aromatic nitrogens is 2. The highest BCUT2D eigenvalue weighted by Crippen LogP contribution is 2.28. The summed E-state index contributed by atoms with van der Waals surface area (Å²) < 4.78 is 1.31. The predicted molar refractivity (Wildman–Crippen MR) is 124 cm³/mol. The van der Waals surface area contributed by atoms with Gasteiger partial charge in [-0.25, -0.2) is 4.79 Å². The third-order valence-corrected chi connectivity index (χ3v) is 6.32. The summed E-state index contributed by atoms with van der Waals surface area (Å²) in [6, 6.07) is -0.0878. The molecule has 0 saturated heterocycles. The standard InChI is InChI=1S/C22H34N6O4/c1-3-5-11-26(19-20(23)27(12-6-4-2)22(32)25-21(19)31)18(30)14-28-16-10-8-7-9-15(16)24-13-17(28)29/h13,15-16H,3-12,14,23H2,1-2H3,(H,25,31,32). The van der Waals surface area contributed by atoms with E-state index in [1.807, 2.05) is 13.8 Å². The van der Waals surface area contributed by atoms with Crippen LogP contribution < -0.4 is 21.9 Å². The molecule has 0 bridgehead atoms. The van der Waals surface area contributed by atoms with Gasteiger partial charge in [-0.15, -0.1) is 0 Å². The molecule has 2 aliphatic rings. The van der Waals surface area contributed by atoms with Gasteiger partial charge in [-0.05, 0) is 25.7 Å². The molecule has 2 atom stereocenters. The van der Waals surface area contributed by atoms with Gasteiger partial charge in [0.15, 0.2) is 5.69 Å². The lowest BCUT2D eigenvalue weighted by Crippen LogP contribution is -2.55. The molecule has 3 rings (SSSR count). The van der Waals surface area contributed by atoms with Crippen molar-refractivity contribution in [3.8, 4) is 0 Å². The van der Waals surface area contributed by atoms with Crippen LogP contribution >= 0.6 is 0 Å². The van der Waals surface area contributed by atoms with Crippen LogP contribution in [0.3, 0.4) is 0 Å². The molecule has 0 spiro atoms. The number of nitrogens with one attached hydrogen (secondary N) is 1. The molecule has 1 aromatic heterocycles. The van der Waals surface area contributed by atoms with Gasteiger partial charge in [-0.1, -0.05) is 39.5 Å². The van der Waals surface area contributed by atoms with E-state index in [0.717, 1.165) is 38.5 Å². The van der Waals surface area contributed by atoms with Crippen molar-refractivity contribution in [1.29, 1.82) is 0 Å². The fourth-order valence-electron chi connectivity index (χ4n) is 4.51. The molecule has 10 heteroatoms. The van der Waals surface area contributed by atoms with Gasteiger partial charge in [0, 0.05) is 13.1 Å². The first-order valence-electron chi connectivity index (χ1n) is 11.7. The lowest BCUT2D eigenvalue weighted by atomic mass is 9.88. The van der Waals surface area contributed by atoms with E-state index in [1.54, 1.807) is 4.90 Å². The maximum Gasteiger partial charge on any atom is 0.330 e. The number of hydrogen-bond acceptors (Lipinski definition) is 6. The van der Waals surface area contributed by atoms with Gasteiger partial charge < -0.3 is 15.5 Å². The van der Waals surface area contributed by atoms with Gasteiger partial charge in [-0.2, -0.15) is 0 Å². The molecule has 3 N–H and O–H groups in total. The Kier molecular flexibility index (Phi) is 7.87. The van der Waals surface area contributed by atoms with Crippen LogP contribution in [-0.2, 0) is 16.1 Å². The Morgan fingerprint density at radius 3 is 2.62 bits per heavy atom. The summed E-state index contributed by atoms with van der Waals surface area (Å²) in [7, 11) is 0. The largest absolute Gasteiger partial charge is 0.383 e. The SMILES string of the molecule is CCCCN(C(=O)CN1C(=O)C=NC2CCCCC21)c1c(N)n(CCCC)c(=O)[nH]c1=O. The Morgan fingerprint density at radius 2 is 1.91 bits per heavy atom. The van der Waals surface area contributed by atoms with E-state index in [1.165, 1.54) is 15.7 Å². The lowest BCUT2D eigenvalue weighted by molar-refractivity contribution is -0.133. The number of anilines is 2. The van der Waals surface area contributed by atoms with E-state index < -0.39 is 11.2 Å². The zero-order valence-electron chi connectivity index (χ0n) is 19.0. The third-order valence-electron chi connectivity index (χ3n) is 6.32. The number of hydrogen-bond donors (Lipinski definition) is 2. The van der Waals surface area contributed by atoms with Crippen molar-refractivity contribution in [2.24, 2.45) is 4.99 Å². The van der Waals surface area contributed by atoms with Crippen molar-refractivity contribution in [2.45, 2.75) is 83.8 Å². The number of aromatic amines is 1. The number of carbonyl (C=O) groups excluding carboxylic acids is 2. The molecule has 1 aliphatic heterocycles. The number of unbranched alkanes of at least 4 members (excludes halogenated alkanes) is 2. The third kappa shape index (κ3) is 4.94. The second-order valence-corrected chi connectivity index (χ2v) is 8.56. The van der Waals surface area contributed by atoms with E-state index in [0.29, 0.717) is 19.4 Å². The number of nitrogens with two attached hydrogens (primary N) is 1. The second-order valence-electron chi connectivity index (χ2n) is 8.56. The van der Waals surface area contributed by atoms with Crippen LogP contribution in [-0.4, -0.2) is 57.7 Å². The summed E-state index contributed by atoms with van der Waals surface area (Å²) in [5.74, 6) is -0.685. The monoisotopic (exact) mass is 446 g/mol. The molecule has 1 saturated carbocycles. The minimum atomic E-state index is -0.688. The summed E-state index contributed by atoms with van der Waals surface area (Å²) in [6.07, 6.45) is 8.07. The number of H-pyrrole nitrogens is 1. The van der Waals surface area contributed by atoms with Gasteiger partial charge in [0.1, 0.15) is 12.4 Å². The second kappa shape index (κ2) is 10.6. The molecular formula is C22H34N6O4. The Balaban J connectivity index is 1.94. The molecule has 1 aliphatic carbocycles. The van der Waals surface area contributed by atoms with Gasteiger partial charge in [0.25, 0.3) is 11.5 Å². The molecule has 2 heterocycles. The summed E-state index contributed by atoms with van der Waals surface area (Å²) in [5, 5.41) is 0. The van der Waals surface area contributed by atoms with Gasteiger partial charge >= 0.3 is 5.69 Å². The highest BCUT2D eigenvalue weighted by molar-refractivity contribution is 6.27. The molecule has 1 aromatic rings. The summed E-state index contributed by atoms with van der Waals surface area (Å²) >= 11 is 0. The minimum absolute atomic E-state index is 0.0151. The fraction of sp³-hybridized carbons (Fsp3) is 0.682. The Morgan fingerprint density at radius 1 is 1.19 bits per heavy atom. The Hall–Kier alpha value is -2.91. The van der Waals surface area contributed by atoms with E-state index in [4.69, 9.17) is 5.73 Å². The van der Waals surface area contributed by atoms with E-state index >= 15 is 0 Å². The van der Waals surface area contributed by atoms with Crippen molar-refractivity contribution in [1.82, 2.24) is 14.5 Å². The first-order valence-corrected chi connectivity index (χ1v) is 11.7. The van der Waals surface area contributed by atoms with Crippen molar-refractivity contribution in [2.75, 3.05) is 23.7 Å². The predicted octanol–water partition coefficient (Wildman–Crippen LogP) is 1.28. The molecular weight excluding hydrogens is 412 g/mol. The molecule has 1 fully saturated rings. The van der Waals surface area contributed by atoms with Crippen LogP contribution in [0.2, 0.25) is 0 Å². The van der Waals surface area contributed by atoms with E-state index in [2.05, 4.69) is 9.98 Å². The van der Waals surface area contributed by atoms with Gasteiger partial charge in [0.2, 0.25) is 5.91 Å². The van der Waals surface area contributed by atoms with Crippen molar-refractivity contribution < 1.29 is 9.59 Å².